The third-order valence-corrected chi connectivity index (χ3v) is 5.77. The van der Waals surface area contributed by atoms with E-state index < -0.39 is 11.8 Å². The minimum absolute atomic E-state index is 0.200. The average molecular weight is 405 g/mol. The fourth-order valence-corrected chi connectivity index (χ4v) is 4.04. The van der Waals surface area contributed by atoms with Gasteiger partial charge in [0.15, 0.2) is 0 Å². The van der Waals surface area contributed by atoms with E-state index in [4.69, 9.17) is 0 Å². The Morgan fingerprint density at radius 2 is 1.83 bits per heavy atom. The van der Waals surface area contributed by atoms with Gasteiger partial charge in [-0.15, -0.1) is 0 Å². The molecular weight excluding hydrogens is 381 g/mol. The van der Waals surface area contributed by atoms with Crippen molar-refractivity contribution in [2.24, 2.45) is 0 Å². The quantitative estimate of drug-likeness (QED) is 0.662. The molecule has 3 aromatic rings. The maximum Gasteiger partial charge on any atom is 0.313 e. The van der Waals surface area contributed by atoms with E-state index in [9.17, 15) is 14.0 Å². The van der Waals surface area contributed by atoms with Crippen molar-refractivity contribution in [2.75, 3.05) is 18.4 Å². The van der Waals surface area contributed by atoms with E-state index in [2.05, 4.69) is 17.2 Å². The first kappa shape index (κ1) is 20.0. The molecule has 1 aliphatic rings. The Bertz CT molecular complexity index is 1070. The van der Waals surface area contributed by atoms with E-state index in [0.29, 0.717) is 18.8 Å². The minimum Gasteiger partial charge on any atom is -0.334 e. The summed E-state index contributed by atoms with van der Waals surface area (Å²) in [6.45, 7) is 3.04. The summed E-state index contributed by atoms with van der Waals surface area (Å²) in [4.78, 5) is 30.9. The number of pyridine rings is 1. The molecule has 2 heterocycles. The van der Waals surface area contributed by atoms with E-state index in [1.165, 1.54) is 17.7 Å². The molecule has 0 unspecified atom stereocenters. The fourth-order valence-electron chi connectivity index (χ4n) is 4.04. The smallest absolute Gasteiger partial charge is 0.313 e. The third kappa shape index (κ3) is 4.17. The lowest BCUT2D eigenvalue weighted by Gasteiger charge is -2.32. The van der Waals surface area contributed by atoms with Gasteiger partial charge in [-0.1, -0.05) is 19.1 Å². The number of aromatic nitrogens is 1. The Hall–Kier alpha value is -3.28. The molecular formula is C24H24FN3O2. The number of likely N-dealkylation sites (tertiary alicyclic amines) is 1. The van der Waals surface area contributed by atoms with Crippen LogP contribution in [0.4, 0.5) is 10.1 Å². The third-order valence-electron chi connectivity index (χ3n) is 5.77. The fraction of sp³-hybridized carbons (Fsp3) is 0.292. The zero-order valence-electron chi connectivity index (χ0n) is 16.9. The Morgan fingerprint density at radius 3 is 2.53 bits per heavy atom. The zero-order valence-corrected chi connectivity index (χ0v) is 16.9. The second-order valence-electron chi connectivity index (χ2n) is 7.63. The largest absolute Gasteiger partial charge is 0.334 e. The summed E-state index contributed by atoms with van der Waals surface area (Å²) >= 11 is 0. The average Bonchev–Trinajstić information content (AvgIpc) is 2.78. The van der Waals surface area contributed by atoms with Crippen LogP contribution in [0, 0.1) is 5.82 Å². The number of nitrogens with zero attached hydrogens (tertiary/aromatic N) is 2. The molecule has 0 saturated carbocycles. The Balaban J connectivity index is 1.40. The predicted molar refractivity (Wildman–Crippen MR) is 115 cm³/mol. The first-order valence-corrected chi connectivity index (χ1v) is 10.3. The number of anilines is 1. The molecule has 0 radical (unpaired) electrons. The summed E-state index contributed by atoms with van der Waals surface area (Å²) in [5, 5.41) is 3.50. The van der Waals surface area contributed by atoms with Crippen molar-refractivity contribution in [3.63, 3.8) is 0 Å². The second kappa shape index (κ2) is 8.61. The summed E-state index contributed by atoms with van der Waals surface area (Å²) in [5.74, 6) is -1.22. The molecule has 1 saturated heterocycles. The minimum atomic E-state index is -0.617. The number of rotatable bonds is 3. The van der Waals surface area contributed by atoms with E-state index in [1.54, 1.807) is 17.2 Å². The Labute approximate surface area is 174 Å². The van der Waals surface area contributed by atoms with Gasteiger partial charge >= 0.3 is 11.8 Å². The lowest BCUT2D eigenvalue weighted by Crippen LogP contribution is -2.43. The molecule has 0 bridgehead atoms. The number of hydrogen-bond acceptors (Lipinski definition) is 3. The first-order valence-electron chi connectivity index (χ1n) is 10.3. The molecule has 1 N–H and O–H groups in total. The topological polar surface area (TPSA) is 62.3 Å². The number of hydrogen-bond donors (Lipinski definition) is 1. The van der Waals surface area contributed by atoms with Gasteiger partial charge < -0.3 is 10.2 Å². The summed E-state index contributed by atoms with van der Waals surface area (Å²) in [6.07, 6.45) is 4.10. The first-order chi connectivity index (χ1) is 14.5. The van der Waals surface area contributed by atoms with Gasteiger partial charge in [0, 0.05) is 30.4 Å². The summed E-state index contributed by atoms with van der Waals surface area (Å²) in [5.41, 5.74) is 3.60. The highest BCUT2D eigenvalue weighted by molar-refractivity contribution is 6.39. The van der Waals surface area contributed by atoms with Gasteiger partial charge in [0.1, 0.15) is 5.82 Å². The van der Waals surface area contributed by atoms with Crippen molar-refractivity contribution in [2.45, 2.75) is 32.1 Å². The highest BCUT2D eigenvalue weighted by Crippen LogP contribution is 2.32. The van der Waals surface area contributed by atoms with Crippen molar-refractivity contribution in [1.29, 1.82) is 0 Å². The normalized spacial score (nSPS) is 14.7. The van der Waals surface area contributed by atoms with Gasteiger partial charge in [-0.05, 0) is 72.7 Å². The highest BCUT2D eigenvalue weighted by atomic mass is 19.1. The van der Waals surface area contributed by atoms with Crippen molar-refractivity contribution in [3.8, 4) is 0 Å². The standard InChI is InChI=1S/C24H24FN3O2/c1-2-16-3-6-19(7-4-16)27-23(29)24(30)28-13-10-17(11-14-28)20-9-12-26-22-8-5-18(25)15-21(20)22/h3-9,12,15,17H,2,10-11,13-14H2,1H3,(H,27,29). The Morgan fingerprint density at radius 1 is 1.10 bits per heavy atom. The number of piperidine rings is 1. The number of amides is 2. The highest BCUT2D eigenvalue weighted by Gasteiger charge is 2.28. The van der Waals surface area contributed by atoms with Crippen molar-refractivity contribution in [1.82, 2.24) is 9.88 Å². The summed E-state index contributed by atoms with van der Waals surface area (Å²) < 4.78 is 13.7. The monoisotopic (exact) mass is 405 g/mol. The molecule has 2 amide bonds. The van der Waals surface area contributed by atoms with Crippen LogP contribution in [0.15, 0.2) is 54.7 Å². The van der Waals surface area contributed by atoms with Crippen LogP contribution in [0.25, 0.3) is 10.9 Å². The van der Waals surface area contributed by atoms with Gasteiger partial charge in [-0.2, -0.15) is 0 Å². The molecule has 154 valence electrons. The molecule has 5 nitrogen and oxygen atoms in total. The number of carbonyl (C=O) groups is 2. The summed E-state index contributed by atoms with van der Waals surface area (Å²) in [7, 11) is 0. The molecule has 1 aromatic heterocycles. The van der Waals surface area contributed by atoms with Crippen LogP contribution >= 0.6 is 0 Å². The number of aryl methyl sites for hydroxylation is 1. The molecule has 0 spiro atoms. The van der Waals surface area contributed by atoms with Gasteiger partial charge in [0.25, 0.3) is 0 Å². The van der Waals surface area contributed by atoms with Gasteiger partial charge in [0.05, 0.1) is 5.52 Å². The van der Waals surface area contributed by atoms with E-state index in [-0.39, 0.29) is 11.7 Å². The van der Waals surface area contributed by atoms with Crippen LogP contribution in [-0.2, 0) is 16.0 Å². The number of carbonyl (C=O) groups excluding carboxylic acids is 2. The van der Waals surface area contributed by atoms with E-state index >= 15 is 0 Å². The van der Waals surface area contributed by atoms with Gasteiger partial charge in [-0.25, -0.2) is 4.39 Å². The lowest BCUT2D eigenvalue weighted by atomic mass is 9.87. The van der Waals surface area contributed by atoms with Crippen LogP contribution in [0.3, 0.4) is 0 Å². The maximum atomic E-state index is 13.7. The lowest BCUT2D eigenvalue weighted by molar-refractivity contribution is -0.143. The predicted octanol–water partition coefficient (Wildman–Crippen LogP) is 4.28. The molecule has 0 atom stereocenters. The molecule has 0 aliphatic carbocycles. The number of fused-ring (bicyclic) bond motifs is 1. The van der Waals surface area contributed by atoms with E-state index in [0.717, 1.165) is 35.7 Å². The molecule has 4 rings (SSSR count). The molecule has 2 aromatic carbocycles. The summed E-state index contributed by atoms with van der Waals surface area (Å²) in [6, 6.07) is 14.0. The molecule has 6 heteroatoms. The van der Waals surface area contributed by atoms with Crippen molar-refractivity contribution >= 4 is 28.4 Å². The van der Waals surface area contributed by atoms with Crippen molar-refractivity contribution in [3.05, 3.63) is 71.7 Å². The van der Waals surface area contributed by atoms with Gasteiger partial charge in [-0.3, -0.25) is 14.6 Å². The van der Waals surface area contributed by atoms with Crippen molar-refractivity contribution < 1.29 is 14.0 Å². The molecule has 1 fully saturated rings. The zero-order chi connectivity index (χ0) is 21.1. The SMILES string of the molecule is CCc1ccc(NC(=O)C(=O)N2CCC(c3ccnc4ccc(F)cc34)CC2)cc1. The van der Waals surface area contributed by atoms with Crippen LogP contribution in [-0.4, -0.2) is 34.8 Å². The maximum absolute atomic E-state index is 13.7. The Kier molecular flexibility index (Phi) is 5.74. The number of benzene rings is 2. The van der Waals surface area contributed by atoms with Crippen LogP contribution in [0.5, 0.6) is 0 Å². The van der Waals surface area contributed by atoms with Gasteiger partial charge in [0.2, 0.25) is 0 Å². The van der Waals surface area contributed by atoms with Crippen LogP contribution in [0.1, 0.15) is 36.8 Å². The molecule has 1 aliphatic heterocycles. The number of halogens is 1. The molecule has 30 heavy (non-hydrogen) atoms. The van der Waals surface area contributed by atoms with Crippen LogP contribution in [0.2, 0.25) is 0 Å². The second-order valence-corrected chi connectivity index (χ2v) is 7.63. The van der Waals surface area contributed by atoms with Crippen LogP contribution < -0.4 is 5.32 Å². The van der Waals surface area contributed by atoms with E-state index in [1.807, 2.05) is 30.3 Å². The number of nitrogens with one attached hydrogen (secondary N) is 1.